The monoisotopic (exact) mass is 507 g/mol. The van der Waals surface area contributed by atoms with E-state index in [9.17, 15) is 22.8 Å². The molecule has 0 aliphatic carbocycles. The van der Waals surface area contributed by atoms with E-state index in [1.807, 2.05) is 0 Å². The maximum atomic E-state index is 13.2. The molecule has 1 atom stereocenters. The Kier molecular flexibility index (Phi) is 7.90. The van der Waals surface area contributed by atoms with Crippen LogP contribution in [0.1, 0.15) is 31.4 Å². The molecule has 35 heavy (non-hydrogen) atoms. The van der Waals surface area contributed by atoms with Gasteiger partial charge in [-0.15, -0.1) is 6.58 Å². The average Bonchev–Trinajstić information content (AvgIpc) is 3.12. The van der Waals surface area contributed by atoms with E-state index in [2.05, 4.69) is 17.0 Å². The number of hydrogen-bond donors (Lipinski definition) is 1. The van der Waals surface area contributed by atoms with Crippen molar-refractivity contribution in [1.29, 1.82) is 0 Å². The highest BCUT2D eigenvalue weighted by Crippen LogP contribution is 2.38. The first-order valence-electron chi connectivity index (χ1n) is 10.8. The first kappa shape index (κ1) is 26.3. The number of benzene rings is 2. The van der Waals surface area contributed by atoms with Crippen molar-refractivity contribution >= 4 is 34.9 Å². The lowest BCUT2D eigenvalue weighted by Crippen LogP contribution is -2.44. The van der Waals surface area contributed by atoms with Crippen LogP contribution in [-0.2, 0) is 20.5 Å². The summed E-state index contributed by atoms with van der Waals surface area (Å²) in [5.74, 6) is -0.985. The molecule has 2 aromatic rings. The van der Waals surface area contributed by atoms with E-state index in [4.69, 9.17) is 16.3 Å². The molecular formula is C25H25ClF3N3O3. The Labute approximate surface area is 206 Å². The molecule has 3 rings (SSSR count). The molecule has 10 heteroatoms. The molecule has 0 bridgehead atoms. The van der Waals surface area contributed by atoms with Gasteiger partial charge in [0.1, 0.15) is 12.0 Å². The predicted molar refractivity (Wildman–Crippen MR) is 128 cm³/mol. The van der Waals surface area contributed by atoms with E-state index in [1.54, 1.807) is 38.1 Å². The third kappa shape index (κ3) is 6.22. The van der Waals surface area contributed by atoms with Gasteiger partial charge in [-0.1, -0.05) is 29.3 Å². The zero-order chi connectivity index (χ0) is 25.8. The summed E-state index contributed by atoms with van der Waals surface area (Å²) in [4.78, 5) is 25.9. The first-order chi connectivity index (χ1) is 16.4. The lowest BCUT2D eigenvalue weighted by Gasteiger charge is -2.29. The molecule has 186 valence electrons. The molecule has 2 aromatic carbocycles. The van der Waals surface area contributed by atoms with Gasteiger partial charge in [0.15, 0.2) is 0 Å². The summed E-state index contributed by atoms with van der Waals surface area (Å²) in [5.41, 5.74) is 0.0154. The Bertz CT molecular complexity index is 1130. The van der Waals surface area contributed by atoms with E-state index in [0.717, 1.165) is 17.7 Å². The number of carbonyl (C=O) groups is 2. The van der Waals surface area contributed by atoms with Crippen LogP contribution in [0.15, 0.2) is 65.8 Å². The molecule has 0 radical (unpaired) electrons. The number of carbonyl (C=O) groups excluding carboxylic acids is 2. The third-order valence-electron chi connectivity index (χ3n) is 5.36. The second-order valence-electron chi connectivity index (χ2n) is 8.34. The van der Waals surface area contributed by atoms with Crippen molar-refractivity contribution in [3.05, 3.63) is 76.8 Å². The standard InChI is InChI=1S/C25H25ClF3N3O3/c1-4-35-23(34)24(13-16(2)3)15-32(31-22(24)17-5-9-19(26)10-6-17)14-21(33)30-20-11-7-18(8-12-20)25(27,28)29/h5-12H,2,4,13-15H2,1,3H3,(H,30,33). The number of halogens is 4. The number of rotatable bonds is 8. The van der Waals surface area contributed by atoms with E-state index in [0.29, 0.717) is 16.3 Å². The molecule has 0 spiro atoms. The summed E-state index contributed by atoms with van der Waals surface area (Å²) in [6.45, 7) is 7.45. The van der Waals surface area contributed by atoms with Gasteiger partial charge in [-0.2, -0.15) is 18.3 Å². The number of amides is 1. The Balaban J connectivity index is 1.86. The number of allylic oxidation sites excluding steroid dienone is 1. The van der Waals surface area contributed by atoms with Crippen molar-refractivity contribution < 1.29 is 27.5 Å². The fraction of sp³-hybridized carbons (Fsp3) is 0.320. The van der Waals surface area contributed by atoms with Crippen LogP contribution in [0.4, 0.5) is 18.9 Å². The van der Waals surface area contributed by atoms with Crippen molar-refractivity contribution in [1.82, 2.24) is 5.01 Å². The summed E-state index contributed by atoms with van der Waals surface area (Å²) in [6, 6.07) is 11.0. The number of esters is 1. The van der Waals surface area contributed by atoms with Gasteiger partial charge >= 0.3 is 12.1 Å². The van der Waals surface area contributed by atoms with Crippen LogP contribution in [-0.4, -0.2) is 42.3 Å². The van der Waals surface area contributed by atoms with Gasteiger partial charge in [-0.3, -0.25) is 14.6 Å². The van der Waals surface area contributed by atoms with Crippen LogP contribution in [0.25, 0.3) is 0 Å². The van der Waals surface area contributed by atoms with Crippen LogP contribution in [0.5, 0.6) is 0 Å². The minimum absolute atomic E-state index is 0.0666. The Morgan fingerprint density at radius 2 is 1.80 bits per heavy atom. The molecule has 1 unspecified atom stereocenters. The van der Waals surface area contributed by atoms with Gasteiger partial charge in [0.25, 0.3) is 0 Å². The van der Waals surface area contributed by atoms with E-state index in [1.165, 1.54) is 17.1 Å². The largest absolute Gasteiger partial charge is 0.465 e. The van der Waals surface area contributed by atoms with Crippen molar-refractivity contribution in [2.75, 3.05) is 25.0 Å². The van der Waals surface area contributed by atoms with Crippen LogP contribution < -0.4 is 5.32 Å². The molecule has 1 amide bonds. The number of anilines is 1. The average molecular weight is 508 g/mol. The summed E-state index contributed by atoms with van der Waals surface area (Å²) in [7, 11) is 0. The van der Waals surface area contributed by atoms with Crippen LogP contribution in [0.2, 0.25) is 5.02 Å². The number of hydrogen-bond acceptors (Lipinski definition) is 5. The molecule has 1 aliphatic heterocycles. The molecule has 1 aliphatic rings. The van der Waals surface area contributed by atoms with Crippen molar-refractivity contribution in [3.8, 4) is 0 Å². The molecular weight excluding hydrogens is 483 g/mol. The predicted octanol–water partition coefficient (Wildman–Crippen LogP) is 5.53. The van der Waals surface area contributed by atoms with Crippen LogP contribution >= 0.6 is 11.6 Å². The number of nitrogens with one attached hydrogen (secondary N) is 1. The van der Waals surface area contributed by atoms with E-state index >= 15 is 0 Å². The van der Waals surface area contributed by atoms with Crippen LogP contribution in [0, 0.1) is 5.41 Å². The molecule has 0 aromatic heterocycles. The Hall–Kier alpha value is -3.33. The number of ether oxygens (including phenoxy) is 1. The first-order valence-corrected chi connectivity index (χ1v) is 11.2. The van der Waals surface area contributed by atoms with Gasteiger partial charge in [0, 0.05) is 10.7 Å². The van der Waals surface area contributed by atoms with Gasteiger partial charge in [0.05, 0.1) is 24.4 Å². The minimum atomic E-state index is -4.47. The maximum Gasteiger partial charge on any atom is 0.416 e. The quantitative estimate of drug-likeness (QED) is 0.376. The molecule has 0 saturated heterocycles. The van der Waals surface area contributed by atoms with E-state index in [-0.39, 0.29) is 31.8 Å². The smallest absolute Gasteiger partial charge is 0.416 e. The molecule has 1 heterocycles. The third-order valence-corrected chi connectivity index (χ3v) is 5.61. The summed E-state index contributed by atoms with van der Waals surface area (Å²) >= 11 is 6.02. The summed E-state index contributed by atoms with van der Waals surface area (Å²) < 4.78 is 43.7. The molecule has 6 nitrogen and oxygen atoms in total. The zero-order valence-corrected chi connectivity index (χ0v) is 20.0. The highest BCUT2D eigenvalue weighted by Gasteiger charge is 2.51. The summed E-state index contributed by atoms with van der Waals surface area (Å²) in [6.07, 6.45) is -4.21. The molecule has 0 fully saturated rings. The second kappa shape index (κ2) is 10.5. The van der Waals surface area contributed by atoms with Gasteiger partial charge in [-0.25, -0.2) is 0 Å². The second-order valence-corrected chi connectivity index (χ2v) is 8.77. The molecule has 1 N–H and O–H groups in total. The number of alkyl halides is 3. The number of nitrogens with zero attached hydrogens (tertiary/aromatic N) is 2. The SMILES string of the molecule is C=C(C)CC1(C(=O)OCC)CN(CC(=O)Nc2ccc(C(F)(F)F)cc2)N=C1c1ccc(Cl)cc1. The molecule has 0 saturated carbocycles. The van der Waals surface area contributed by atoms with Crippen molar-refractivity contribution in [3.63, 3.8) is 0 Å². The summed E-state index contributed by atoms with van der Waals surface area (Å²) in [5, 5.41) is 9.11. The lowest BCUT2D eigenvalue weighted by molar-refractivity contribution is -0.151. The lowest BCUT2D eigenvalue weighted by atomic mass is 9.75. The van der Waals surface area contributed by atoms with Crippen LogP contribution in [0.3, 0.4) is 0 Å². The maximum absolute atomic E-state index is 13.2. The van der Waals surface area contributed by atoms with Gasteiger partial charge in [-0.05, 0) is 62.2 Å². The van der Waals surface area contributed by atoms with Gasteiger partial charge in [0.2, 0.25) is 5.91 Å². The van der Waals surface area contributed by atoms with E-state index < -0.39 is 29.0 Å². The van der Waals surface area contributed by atoms with Gasteiger partial charge < -0.3 is 10.1 Å². The fourth-order valence-electron chi connectivity index (χ4n) is 3.96. The normalized spacial score (nSPS) is 17.7. The highest BCUT2D eigenvalue weighted by molar-refractivity contribution is 6.30. The topological polar surface area (TPSA) is 71.0 Å². The van der Waals surface area contributed by atoms with Crippen molar-refractivity contribution in [2.24, 2.45) is 10.5 Å². The highest BCUT2D eigenvalue weighted by atomic mass is 35.5. The number of hydrazone groups is 1. The fourth-order valence-corrected chi connectivity index (χ4v) is 4.08. The van der Waals surface area contributed by atoms with Crippen molar-refractivity contribution in [2.45, 2.75) is 26.4 Å². The zero-order valence-electron chi connectivity index (χ0n) is 19.3. The minimum Gasteiger partial charge on any atom is -0.465 e. The Morgan fingerprint density at radius 1 is 1.17 bits per heavy atom. The Morgan fingerprint density at radius 3 is 2.34 bits per heavy atom.